The van der Waals surface area contributed by atoms with Crippen LogP contribution in [0.3, 0.4) is 0 Å². The number of H-pyrrole nitrogens is 1. The van der Waals surface area contributed by atoms with E-state index in [1.165, 1.54) is 0 Å². The van der Waals surface area contributed by atoms with E-state index in [0.29, 0.717) is 17.2 Å². The Morgan fingerprint density at radius 2 is 1.97 bits per heavy atom. The van der Waals surface area contributed by atoms with Crippen molar-refractivity contribution in [2.45, 2.75) is 19.3 Å². The lowest BCUT2D eigenvalue weighted by Crippen LogP contribution is -2.21. The van der Waals surface area contributed by atoms with Crippen LogP contribution in [0.25, 0.3) is 0 Å². The van der Waals surface area contributed by atoms with Crippen molar-refractivity contribution >= 4 is 17.4 Å². The lowest BCUT2D eigenvalue weighted by atomic mass is 9.92. The summed E-state index contributed by atoms with van der Waals surface area (Å²) >= 11 is 0. The van der Waals surface area contributed by atoms with Gasteiger partial charge in [-0.05, 0) is 73.2 Å². The maximum atomic E-state index is 12.1. The number of benzene rings is 2. The number of amides is 1. The molecule has 31 heavy (non-hydrogen) atoms. The third kappa shape index (κ3) is 5.44. The first-order valence-electron chi connectivity index (χ1n) is 10.5. The highest BCUT2D eigenvalue weighted by Crippen LogP contribution is 2.32. The molecule has 0 aliphatic carbocycles. The number of carbonyl (C=O) groups excluding carboxylic acids is 1. The van der Waals surface area contributed by atoms with Gasteiger partial charge in [0.25, 0.3) is 5.91 Å². The molecule has 2 aromatic carbocycles. The second-order valence-electron chi connectivity index (χ2n) is 8.00. The van der Waals surface area contributed by atoms with E-state index in [2.05, 4.69) is 21.4 Å². The number of nitrogens with zero attached hydrogens (tertiary/aromatic N) is 2. The molecule has 7 nitrogen and oxygen atoms in total. The van der Waals surface area contributed by atoms with Crippen molar-refractivity contribution in [1.82, 2.24) is 14.9 Å². The van der Waals surface area contributed by atoms with Crippen LogP contribution in [-0.4, -0.2) is 48.1 Å². The van der Waals surface area contributed by atoms with Crippen LogP contribution >= 0.6 is 0 Å². The summed E-state index contributed by atoms with van der Waals surface area (Å²) in [5, 5.41) is 3.34. The van der Waals surface area contributed by atoms with Gasteiger partial charge >= 0.3 is 0 Å². The first-order valence-corrected chi connectivity index (χ1v) is 10.5. The molecule has 0 bridgehead atoms. The van der Waals surface area contributed by atoms with Crippen molar-refractivity contribution in [3.05, 3.63) is 66.1 Å². The summed E-state index contributed by atoms with van der Waals surface area (Å²) in [5.74, 6) is 2.91. The minimum atomic E-state index is -0.0269. The summed E-state index contributed by atoms with van der Waals surface area (Å²) in [6, 6.07) is 13.4. The summed E-state index contributed by atoms with van der Waals surface area (Å²) in [6.45, 7) is 1.63. The Morgan fingerprint density at radius 3 is 2.65 bits per heavy atom. The van der Waals surface area contributed by atoms with Crippen molar-refractivity contribution in [3.63, 3.8) is 0 Å². The first-order chi connectivity index (χ1) is 15.1. The minimum Gasteiger partial charge on any atom is -0.457 e. The molecule has 7 heteroatoms. The third-order valence-corrected chi connectivity index (χ3v) is 5.42. The van der Waals surface area contributed by atoms with E-state index < -0.39 is 0 Å². The second kappa shape index (κ2) is 9.66. The molecule has 1 aliphatic rings. The van der Waals surface area contributed by atoms with Gasteiger partial charge in [-0.25, -0.2) is 4.98 Å². The smallest absolute Gasteiger partial charge is 0.253 e. The fourth-order valence-electron chi connectivity index (χ4n) is 3.71. The normalized spacial score (nSPS) is 14.3. The maximum Gasteiger partial charge on any atom is 0.253 e. The van der Waals surface area contributed by atoms with Gasteiger partial charge in [-0.3, -0.25) is 4.79 Å². The second-order valence-corrected chi connectivity index (χ2v) is 8.00. The van der Waals surface area contributed by atoms with Crippen molar-refractivity contribution < 1.29 is 14.3 Å². The number of hydrogen-bond donors (Lipinski definition) is 2. The molecule has 4 rings (SSSR count). The molecule has 0 radical (unpaired) electrons. The van der Waals surface area contributed by atoms with Crippen LogP contribution in [-0.2, 0) is 11.2 Å². The predicted octanol–water partition coefficient (Wildman–Crippen LogP) is 4.62. The lowest BCUT2D eigenvalue weighted by Gasteiger charge is -2.23. The molecule has 162 valence electrons. The Labute approximate surface area is 182 Å². The molecule has 2 heterocycles. The first kappa shape index (κ1) is 20.9. The van der Waals surface area contributed by atoms with Crippen LogP contribution in [0.1, 0.15) is 28.8 Å². The van der Waals surface area contributed by atoms with Gasteiger partial charge in [-0.1, -0.05) is 0 Å². The van der Waals surface area contributed by atoms with Gasteiger partial charge in [-0.2, -0.15) is 0 Å². The summed E-state index contributed by atoms with van der Waals surface area (Å²) in [7, 11) is 3.49. The Balaban J connectivity index is 1.55. The summed E-state index contributed by atoms with van der Waals surface area (Å²) in [4.78, 5) is 20.8. The molecule has 0 unspecified atom stereocenters. The van der Waals surface area contributed by atoms with Gasteiger partial charge in [0.1, 0.15) is 17.3 Å². The largest absolute Gasteiger partial charge is 0.457 e. The SMILES string of the molecule is CN(C)C(=O)c1ccc(Oc2ccc(Nc3cnc[nH]3)cc2CC2CCOCC2)cc1. The van der Waals surface area contributed by atoms with Gasteiger partial charge < -0.3 is 24.7 Å². The molecule has 0 spiro atoms. The summed E-state index contributed by atoms with van der Waals surface area (Å²) in [6.07, 6.45) is 6.43. The van der Waals surface area contributed by atoms with Gasteiger partial charge in [0.05, 0.1) is 12.5 Å². The molecule has 1 aromatic heterocycles. The van der Waals surface area contributed by atoms with E-state index in [1.54, 1.807) is 43.7 Å². The molecule has 2 N–H and O–H groups in total. The highest BCUT2D eigenvalue weighted by Gasteiger charge is 2.18. The maximum absolute atomic E-state index is 12.1. The van der Waals surface area contributed by atoms with Crippen LogP contribution in [0.15, 0.2) is 55.0 Å². The standard InChI is InChI=1S/C24H28N4O3/c1-28(2)24(29)18-3-6-21(7-4-18)31-22-8-5-20(27-23-15-25-16-26-23)14-19(22)13-17-9-11-30-12-10-17/h3-8,14-17,27H,9-13H2,1-2H3,(H,25,26). The molecular weight excluding hydrogens is 392 g/mol. The number of anilines is 2. The predicted molar refractivity (Wildman–Crippen MR) is 120 cm³/mol. The Morgan fingerprint density at radius 1 is 1.19 bits per heavy atom. The van der Waals surface area contributed by atoms with Gasteiger partial charge in [-0.15, -0.1) is 0 Å². The van der Waals surface area contributed by atoms with E-state index in [1.807, 2.05) is 24.3 Å². The van der Waals surface area contributed by atoms with Crippen LogP contribution in [0.5, 0.6) is 11.5 Å². The van der Waals surface area contributed by atoms with E-state index in [-0.39, 0.29) is 5.91 Å². The van der Waals surface area contributed by atoms with Gasteiger partial charge in [0, 0.05) is 38.6 Å². The zero-order valence-corrected chi connectivity index (χ0v) is 17.9. The van der Waals surface area contributed by atoms with Gasteiger partial charge in [0.15, 0.2) is 0 Å². The number of ether oxygens (including phenoxy) is 2. The van der Waals surface area contributed by atoms with Gasteiger partial charge in [0.2, 0.25) is 0 Å². The number of aromatic amines is 1. The molecule has 0 atom stereocenters. The van der Waals surface area contributed by atoms with Crippen LogP contribution < -0.4 is 10.1 Å². The number of imidazole rings is 1. The van der Waals surface area contributed by atoms with Crippen molar-refractivity contribution in [1.29, 1.82) is 0 Å². The third-order valence-electron chi connectivity index (χ3n) is 5.42. The summed E-state index contributed by atoms with van der Waals surface area (Å²) < 4.78 is 11.8. The topological polar surface area (TPSA) is 79.5 Å². The summed E-state index contributed by atoms with van der Waals surface area (Å²) in [5.41, 5.74) is 2.76. The zero-order valence-electron chi connectivity index (χ0n) is 17.9. The van der Waals surface area contributed by atoms with Crippen LogP contribution in [0.2, 0.25) is 0 Å². The molecule has 1 amide bonds. The monoisotopic (exact) mass is 420 g/mol. The van der Waals surface area contributed by atoms with Crippen molar-refractivity contribution in [2.75, 3.05) is 32.6 Å². The zero-order chi connectivity index (χ0) is 21.6. The fourth-order valence-corrected chi connectivity index (χ4v) is 3.71. The van der Waals surface area contributed by atoms with Crippen LogP contribution in [0, 0.1) is 5.92 Å². The number of hydrogen-bond acceptors (Lipinski definition) is 5. The highest BCUT2D eigenvalue weighted by molar-refractivity contribution is 5.93. The van der Waals surface area contributed by atoms with Crippen molar-refractivity contribution in [2.24, 2.45) is 5.92 Å². The molecule has 1 fully saturated rings. The van der Waals surface area contributed by atoms with Crippen LogP contribution in [0.4, 0.5) is 11.5 Å². The molecule has 1 saturated heterocycles. The Kier molecular flexibility index (Phi) is 6.52. The number of aromatic nitrogens is 2. The van der Waals surface area contributed by atoms with E-state index in [0.717, 1.165) is 55.3 Å². The number of carbonyl (C=O) groups is 1. The van der Waals surface area contributed by atoms with Crippen molar-refractivity contribution in [3.8, 4) is 11.5 Å². The fraction of sp³-hybridized carbons (Fsp3) is 0.333. The number of nitrogens with one attached hydrogen (secondary N) is 2. The Bertz CT molecular complexity index is 994. The average Bonchev–Trinajstić information content (AvgIpc) is 3.29. The Hall–Kier alpha value is -3.32. The average molecular weight is 421 g/mol. The molecular formula is C24H28N4O3. The number of rotatable bonds is 7. The quantitative estimate of drug-likeness (QED) is 0.583. The van der Waals surface area contributed by atoms with E-state index in [9.17, 15) is 4.79 Å². The van der Waals surface area contributed by atoms with E-state index in [4.69, 9.17) is 9.47 Å². The lowest BCUT2D eigenvalue weighted by molar-refractivity contribution is 0.0664. The van der Waals surface area contributed by atoms with E-state index >= 15 is 0 Å². The molecule has 3 aromatic rings. The molecule has 1 aliphatic heterocycles. The minimum absolute atomic E-state index is 0.0269. The molecule has 0 saturated carbocycles. The highest BCUT2D eigenvalue weighted by atomic mass is 16.5.